The van der Waals surface area contributed by atoms with Crippen molar-refractivity contribution in [2.75, 3.05) is 24.7 Å². The number of carbonyl (C=O) groups excluding carboxylic acids is 3. The molecule has 0 aliphatic heterocycles. The maximum Gasteiger partial charge on any atom is 0.374 e. The molecule has 0 saturated carbocycles. The summed E-state index contributed by atoms with van der Waals surface area (Å²) in [6.07, 6.45) is 0. The van der Waals surface area contributed by atoms with Gasteiger partial charge in [0.1, 0.15) is 0 Å². The molecule has 4 N–H and O–H groups in total. The minimum atomic E-state index is -0.757. The molecule has 0 atom stereocenters. The van der Waals surface area contributed by atoms with Crippen molar-refractivity contribution in [3.63, 3.8) is 0 Å². The van der Waals surface area contributed by atoms with Crippen molar-refractivity contribution < 1.29 is 23.9 Å². The number of anilines is 2. The Labute approximate surface area is 279 Å². The van der Waals surface area contributed by atoms with Crippen LogP contribution < -0.4 is 11.5 Å². The van der Waals surface area contributed by atoms with Crippen LogP contribution in [0.5, 0.6) is 0 Å². The molecule has 0 aliphatic carbocycles. The molecule has 8 nitrogen and oxygen atoms in total. The third-order valence-electron chi connectivity index (χ3n) is 6.39. The van der Waals surface area contributed by atoms with Gasteiger partial charge < -0.3 is 20.9 Å². The number of nitrogen functional groups attached to an aromatic ring is 2. The standard InChI is InChI=1S/C16H20N2S2.C12H13NO2S.C5H8O3.CH4/c1-9-5-7-11(3)15(13(9)17)19-20-16-12(4)8-6-10(2)14(16)18;1-4-15-12(14)11-13-9-7(2)5-6-8(3)10(9)16-11;1-3-8-5(7)4(2)6;/h5-8H,17-18H2,1-4H3;5-6H,4H2,1-3H3;3H2,1-2H3;1H4. The zero-order valence-electron chi connectivity index (χ0n) is 26.7. The Balaban J connectivity index is 0.000000363. The molecule has 0 saturated heterocycles. The van der Waals surface area contributed by atoms with E-state index in [4.69, 9.17) is 16.2 Å². The number of nitrogens with zero attached hydrogens (tertiary/aromatic N) is 1. The number of fused-ring (bicyclic) bond motifs is 1. The zero-order valence-corrected chi connectivity index (χ0v) is 29.2. The Bertz CT molecular complexity index is 1550. The van der Waals surface area contributed by atoms with E-state index in [0.29, 0.717) is 11.6 Å². The highest BCUT2D eigenvalue weighted by Crippen LogP contribution is 2.46. The number of nitrogens with two attached hydrogens (primary N) is 2. The lowest BCUT2D eigenvalue weighted by Crippen LogP contribution is -2.12. The van der Waals surface area contributed by atoms with Crippen LogP contribution >= 0.6 is 32.9 Å². The van der Waals surface area contributed by atoms with E-state index in [1.165, 1.54) is 29.4 Å². The number of ketones is 1. The smallest absolute Gasteiger partial charge is 0.374 e. The first-order valence-corrected chi connectivity index (χ1v) is 17.0. The molecule has 45 heavy (non-hydrogen) atoms. The number of esters is 2. The number of thiazole rings is 1. The maximum atomic E-state index is 11.6. The second-order valence-corrected chi connectivity index (χ2v) is 13.1. The number of ether oxygens (including phenoxy) is 2. The van der Waals surface area contributed by atoms with Crippen molar-refractivity contribution in [2.24, 2.45) is 0 Å². The summed E-state index contributed by atoms with van der Waals surface area (Å²) in [5.41, 5.74) is 21.9. The van der Waals surface area contributed by atoms with Crippen LogP contribution in [-0.2, 0) is 19.1 Å². The number of hydrogen-bond acceptors (Lipinski definition) is 11. The quantitative estimate of drug-likeness (QED) is 0.0850. The first kappa shape index (κ1) is 39.5. The average Bonchev–Trinajstić information content (AvgIpc) is 3.45. The van der Waals surface area contributed by atoms with Crippen LogP contribution in [0.25, 0.3) is 10.2 Å². The highest BCUT2D eigenvalue weighted by molar-refractivity contribution is 8.76. The molecule has 0 aliphatic rings. The van der Waals surface area contributed by atoms with Gasteiger partial charge in [-0.15, -0.1) is 11.3 Å². The summed E-state index contributed by atoms with van der Waals surface area (Å²) in [4.78, 5) is 38.4. The molecule has 1 heterocycles. The number of aryl methyl sites for hydroxylation is 6. The van der Waals surface area contributed by atoms with Gasteiger partial charge in [-0.25, -0.2) is 14.6 Å². The molecular formula is C34H45N3O5S3. The molecule has 3 aromatic carbocycles. The van der Waals surface area contributed by atoms with E-state index in [2.05, 4.69) is 47.8 Å². The number of rotatable bonds is 7. The molecule has 0 amide bonds. The largest absolute Gasteiger partial charge is 0.461 e. The van der Waals surface area contributed by atoms with Crippen LogP contribution in [-0.4, -0.2) is 35.9 Å². The topological polar surface area (TPSA) is 135 Å². The van der Waals surface area contributed by atoms with Gasteiger partial charge in [-0.05, 0) is 88.8 Å². The van der Waals surface area contributed by atoms with Crippen LogP contribution in [0.3, 0.4) is 0 Å². The van der Waals surface area contributed by atoms with E-state index in [1.54, 1.807) is 35.4 Å². The Kier molecular flexibility index (Phi) is 16.2. The summed E-state index contributed by atoms with van der Waals surface area (Å²) < 4.78 is 10.3. The molecule has 4 aromatic rings. The van der Waals surface area contributed by atoms with Gasteiger partial charge in [0.2, 0.25) is 10.8 Å². The number of aromatic nitrogens is 1. The molecular weight excluding hydrogens is 627 g/mol. The van der Waals surface area contributed by atoms with Gasteiger partial charge in [-0.1, -0.05) is 65.4 Å². The van der Waals surface area contributed by atoms with Gasteiger partial charge in [0.15, 0.2) is 0 Å². The fourth-order valence-corrected chi connectivity index (χ4v) is 7.59. The van der Waals surface area contributed by atoms with Crippen LogP contribution in [0.4, 0.5) is 11.4 Å². The number of carbonyl (C=O) groups is 3. The fourth-order valence-electron chi connectivity index (χ4n) is 3.69. The minimum absolute atomic E-state index is 0. The van der Waals surface area contributed by atoms with Crippen LogP contribution in [0.15, 0.2) is 46.2 Å². The lowest BCUT2D eigenvalue weighted by atomic mass is 10.1. The van der Waals surface area contributed by atoms with Gasteiger partial charge in [-0.3, -0.25) is 4.79 Å². The van der Waals surface area contributed by atoms with Gasteiger partial charge in [0, 0.05) is 28.1 Å². The van der Waals surface area contributed by atoms with Gasteiger partial charge in [0.05, 0.1) is 23.4 Å². The van der Waals surface area contributed by atoms with E-state index in [-0.39, 0.29) is 20.0 Å². The summed E-state index contributed by atoms with van der Waals surface area (Å²) in [7, 11) is 3.38. The Morgan fingerprint density at radius 1 is 0.711 bits per heavy atom. The third kappa shape index (κ3) is 10.8. The SMILES string of the molecule is C.CCOC(=O)C(C)=O.CCOC(=O)c1nc2c(C)ccc(C)c2s1.Cc1ccc(C)c(SSc2c(C)ccc(C)c2N)c1N. The second-order valence-electron chi connectivity index (χ2n) is 9.94. The lowest BCUT2D eigenvalue weighted by molar-refractivity contribution is -0.152. The van der Waals surface area contributed by atoms with Gasteiger partial charge in [0.25, 0.3) is 0 Å². The van der Waals surface area contributed by atoms with E-state index in [0.717, 1.165) is 53.6 Å². The zero-order chi connectivity index (χ0) is 33.1. The van der Waals surface area contributed by atoms with Crippen LogP contribution in [0.2, 0.25) is 0 Å². The average molecular weight is 672 g/mol. The predicted molar refractivity (Wildman–Crippen MR) is 191 cm³/mol. The minimum Gasteiger partial charge on any atom is -0.461 e. The van der Waals surface area contributed by atoms with Gasteiger partial charge in [-0.2, -0.15) is 0 Å². The summed E-state index contributed by atoms with van der Waals surface area (Å²) in [5, 5.41) is 0.439. The molecule has 0 radical (unpaired) electrons. The Morgan fingerprint density at radius 2 is 1.13 bits per heavy atom. The van der Waals surface area contributed by atoms with E-state index < -0.39 is 11.8 Å². The first-order chi connectivity index (χ1) is 20.7. The molecule has 0 spiro atoms. The lowest BCUT2D eigenvalue weighted by Gasteiger charge is -2.14. The number of hydrogen-bond donors (Lipinski definition) is 2. The molecule has 1 aromatic heterocycles. The first-order valence-electron chi connectivity index (χ1n) is 14.0. The van der Waals surface area contributed by atoms with Crippen molar-refractivity contribution >= 4 is 72.2 Å². The molecule has 244 valence electrons. The number of benzene rings is 3. The number of Topliss-reactive ketones (excluding diaryl/α,β-unsaturated/α-hetero) is 1. The van der Waals surface area contributed by atoms with E-state index in [9.17, 15) is 14.4 Å². The fraction of sp³-hybridized carbons (Fsp3) is 0.353. The monoisotopic (exact) mass is 671 g/mol. The van der Waals surface area contributed by atoms with Crippen LogP contribution in [0, 0.1) is 41.5 Å². The Morgan fingerprint density at radius 3 is 1.53 bits per heavy atom. The summed E-state index contributed by atoms with van der Waals surface area (Å²) >= 11 is 1.40. The molecule has 0 bridgehead atoms. The summed E-state index contributed by atoms with van der Waals surface area (Å²) in [6, 6.07) is 12.4. The Hall–Kier alpha value is -3.54. The normalized spacial score (nSPS) is 10.1. The summed E-state index contributed by atoms with van der Waals surface area (Å²) in [5.74, 6) is -1.64. The highest BCUT2D eigenvalue weighted by Gasteiger charge is 2.15. The van der Waals surface area contributed by atoms with Crippen molar-refractivity contribution in [1.82, 2.24) is 4.98 Å². The summed E-state index contributed by atoms with van der Waals surface area (Å²) in [6.45, 7) is 17.5. The molecule has 0 fully saturated rings. The van der Waals surface area contributed by atoms with Crippen molar-refractivity contribution in [3.05, 3.63) is 74.8 Å². The highest BCUT2D eigenvalue weighted by atomic mass is 33.1. The van der Waals surface area contributed by atoms with E-state index in [1.807, 2.05) is 39.8 Å². The van der Waals surface area contributed by atoms with Crippen molar-refractivity contribution in [3.8, 4) is 0 Å². The second kappa shape index (κ2) is 18.4. The predicted octanol–water partition coefficient (Wildman–Crippen LogP) is 8.75. The van der Waals surface area contributed by atoms with Gasteiger partial charge >= 0.3 is 11.9 Å². The maximum absolute atomic E-state index is 11.6. The van der Waals surface area contributed by atoms with Crippen molar-refractivity contribution in [1.29, 1.82) is 0 Å². The molecule has 4 rings (SSSR count). The third-order valence-corrected chi connectivity index (χ3v) is 10.3. The molecule has 11 heteroatoms. The molecule has 0 unspecified atom stereocenters. The van der Waals surface area contributed by atoms with Crippen LogP contribution in [0.1, 0.15) is 71.4 Å². The van der Waals surface area contributed by atoms with E-state index >= 15 is 0 Å². The van der Waals surface area contributed by atoms with Crippen molar-refractivity contribution in [2.45, 2.75) is 79.5 Å².